The standard InChI is InChI=1S/C14H22ClN3/c1-5-7-8-9-18-12(6-2)10-11(3)13(18)17-14(15)16-4/h6,10H,2,5,7-9H2,1,3-4H3,(H,16,17). The Balaban J connectivity index is 2.98. The predicted octanol–water partition coefficient (Wildman–Crippen LogP) is 4.27. The van der Waals surface area contributed by atoms with E-state index in [0.717, 1.165) is 30.0 Å². The van der Waals surface area contributed by atoms with Crippen molar-refractivity contribution in [2.75, 3.05) is 12.4 Å². The Kier molecular flexibility index (Phi) is 5.99. The molecule has 100 valence electrons. The van der Waals surface area contributed by atoms with Crippen LogP contribution in [0.5, 0.6) is 0 Å². The SMILES string of the molecule is C=Cc1cc(C)c(NC(Cl)=NC)n1CCCCC. The van der Waals surface area contributed by atoms with E-state index >= 15 is 0 Å². The lowest BCUT2D eigenvalue weighted by molar-refractivity contribution is 0.606. The lowest BCUT2D eigenvalue weighted by Crippen LogP contribution is -2.12. The number of amidine groups is 1. The molecule has 4 heteroatoms. The van der Waals surface area contributed by atoms with Crippen molar-refractivity contribution in [1.29, 1.82) is 0 Å². The Bertz CT molecular complexity index is 432. The summed E-state index contributed by atoms with van der Waals surface area (Å²) in [6, 6.07) is 2.11. The largest absolute Gasteiger partial charge is 0.328 e. The number of nitrogens with zero attached hydrogens (tertiary/aromatic N) is 2. The molecule has 0 fully saturated rings. The van der Waals surface area contributed by atoms with E-state index in [9.17, 15) is 0 Å². The van der Waals surface area contributed by atoms with Crippen LogP contribution in [0.2, 0.25) is 0 Å². The van der Waals surface area contributed by atoms with Crippen LogP contribution in [0.15, 0.2) is 17.6 Å². The minimum absolute atomic E-state index is 0.406. The quantitative estimate of drug-likeness (QED) is 0.355. The Morgan fingerprint density at radius 2 is 2.28 bits per heavy atom. The van der Waals surface area contributed by atoms with Gasteiger partial charge in [-0.15, -0.1) is 0 Å². The second-order valence-corrected chi connectivity index (χ2v) is 4.66. The lowest BCUT2D eigenvalue weighted by Gasteiger charge is -2.13. The third-order valence-electron chi connectivity index (χ3n) is 2.93. The number of nitrogens with one attached hydrogen (secondary N) is 1. The summed E-state index contributed by atoms with van der Waals surface area (Å²) in [6.07, 6.45) is 5.47. The van der Waals surface area contributed by atoms with Gasteiger partial charge >= 0.3 is 0 Å². The molecule has 0 aromatic carbocycles. The van der Waals surface area contributed by atoms with E-state index in [1.807, 2.05) is 6.08 Å². The highest BCUT2D eigenvalue weighted by Gasteiger charge is 2.11. The number of rotatable bonds is 6. The second-order valence-electron chi connectivity index (χ2n) is 4.30. The summed E-state index contributed by atoms with van der Waals surface area (Å²) in [4.78, 5) is 3.93. The van der Waals surface area contributed by atoms with Crippen molar-refractivity contribution in [3.05, 3.63) is 23.9 Å². The first kappa shape index (κ1) is 14.8. The third kappa shape index (κ3) is 3.64. The van der Waals surface area contributed by atoms with Crippen molar-refractivity contribution in [2.24, 2.45) is 4.99 Å². The van der Waals surface area contributed by atoms with E-state index < -0.39 is 0 Å². The van der Waals surface area contributed by atoms with Gasteiger partial charge in [-0.2, -0.15) is 0 Å². The number of hydrogen-bond donors (Lipinski definition) is 1. The first-order valence-corrected chi connectivity index (χ1v) is 6.73. The van der Waals surface area contributed by atoms with Crippen LogP contribution >= 0.6 is 11.6 Å². The molecule has 0 spiro atoms. The maximum absolute atomic E-state index is 5.96. The molecule has 0 aliphatic rings. The van der Waals surface area contributed by atoms with Gasteiger partial charge in [0, 0.05) is 19.3 Å². The van der Waals surface area contributed by atoms with Crippen molar-refractivity contribution < 1.29 is 0 Å². The summed E-state index contributed by atoms with van der Waals surface area (Å²) >= 11 is 5.96. The summed E-state index contributed by atoms with van der Waals surface area (Å²) in [5, 5.41) is 3.55. The molecule has 0 aliphatic carbocycles. The van der Waals surface area contributed by atoms with Crippen LogP contribution in [-0.4, -0.2) is 16.9 Å². The average molecular weight is 268 g/mol. The zero-order valence-corrected chi connectivity index (χ0v) is 12.2. The smallest absolute Gasteiger partial charge is 0.196 e. The molecule has 1 N–H and O–H groups in total. The van der Waals surface area contributed by atoms with Gasteiger partial charge in [0.2, 0.25) is 0 Å². The third-order valence-corrected chi connectivity index (χ3v) is 3.20. The Hall–Kier alpha value is -1.22. The minimum atomic E-state index is 0.406. The van der Waals surface area contributed by atoms with Crippen LogP contribution in [0.3, 0.4) is 0 Å². The maximum Gasteiger partial charge on any atom is 0.196 e. The first-order chi connectivity index (χ1) is 8.63. The Morgan fingerprint density at radius 1 is 1.56 bits per heavy atom. The summed E-state index contributed by atoms with van der Waals surface area (Å²) in [5.41, 5.74) is 2.27. The van der Waals surface area contributed by atoms with Crippen molar-refractivity contribution in [3.8, 4) is 0 Å². The normalized spacial score (nSPS) is 11.7. The highest BCUT2D eigenvalue weighted by molar-refractivity contribution is 6.67. The van der Waals surface area contributed by atoms with Gasteiger partial charge in [-0.3, -0.25) is 4.99 Å². The number of aryl methyl sites for hydroxylation is 1. The number of hydrogen-bond acceptors (Lipinski definition) is 1. The molecule has 0 radical (unpaired) electrons. The summed E-state index contributed by atoms with van der Waals surface area (Å²) in [7, 11) is 1.67. The lowest BCUT2D eigenvalue weighted by atomic mass is 10.2. The maximum atomic E-state index is 5.96. The molecule has 1 heterocycles. The number of aromatic nitrogens is 1. The van der Waals surface area contributed by atoms with Crippen molar-refractivity contribution in [2.45, 2.75) is 39.7 Å². The molecule has 0 aliphatic heterocycles. The zero-order valence-electron chi connectivity index (χ0n) is 11.5. The number of anilines is 1. The molecule has 0 atom stereocenters. The van der Waals surface area contributed by atoms with Gasteiger partial charge in [-0.05, 0) is 42.7 Å². The Labute approximate surface area is 115 Å². The van der Waals surface area contributed by atoms with Crippen LogP contribution in [-0.2, 0) is 6.54 Å². The van der Waals surface area contributed by atoms with Crippen LogP contribution in [0, 0.1) is 6.92 Å². The van der Waals surface area contributed by atoms with E-state index in [-0.39, 0.29) is 0 Å². The molecule has 1 rings (SSSR count). The van der Waals surface area contributed by atoms with Crippen LogP contribution < -0.4 is 5.32 Å². The number of aliphatic imine (C=N–C) groups is 1. The van der Waals surface area contributed by atoms with Gasteiger partial charge in [0.05, 0.1) is 0 Å². The second kappa shape index (κ2) is 7.27. The van der Waals surface area contributed by atoms with Crippen LogP contribution in [0.25, 0.3) is 6.08 Å². The monoisotopic (exact) mass is 267 g/mol. The molecule has 0 saturated heterocycles. The number of unbranched alkanes of at least 4 members (excludes halogenated alkanes) is 2. The molecule has 0 unspecified atom stereocenters. The van der Waals surface area contributed by atoms with E-state index in [4.69, 9.17) is 11.6 Å². The zero-order chi connectivity index (χ0) is 13.5. The van der Waals surface area contributed by atoms with Gasteiger partial charge in [0.25, 0.3) is 0 Å². The van der Waals surface area contributed by atoms with Crippen molar-refractivity contribution >= 4 is 28.8 Å². The molecular weight excluding hydrogens is 246 g/mol. The number of halogens is 1. The fourth-order valence-corrected chi connectivity index (χ4v) is 2.05. The molecule has 0 bridgehead atoms. The van der Waals surface area contributed by atoms with Crippen molar-refractivity contribution in [1.82, 2.24) is 4.57 Å². The molecular formula is C14H22ClN3. The van der Waals surface area contributed by atoms with E-state index in [1.54, 1.807) is 7.05 Å². The molecule has 18 heavy (non-hydrogen) atoms. The highest BCUT2D eigenvalue weighted by Crippen LogP contribution is 2.23. The summed E-state index contributed by atoms with van der Waals surface area (Å²) in [5.74, 6) is 1.01. The highest BCUT2D eigenvalue weighted by atomic mass is 35.5. The summed E-state index contributed by atoms with van der Waals surface area (Å²) < 4.78 is 2.21. The van der Waals surface area contributed by atoms with E-state index in [0.29, 0.717) is 5.29 Å². The van der Waals surface area contributed by atoms with Gasteiger partial charge in [0.15, 0.2) is 5.29 Å². The van der Waals surface area contributed by atoms with Gasteiger partial charge < -0.3 is 9.88 Å². The van der Waals surface area contributed by atoms with E-state index in [2.05, 4.69) is 41.4 Å². The molecule has 1 aromatic heterocycles. The van der Waals surface area contributed by atoms with Crippen LogP contribution in [0.4, 0.5) is 5.82 Å². The topological polar surface area (TPSA) is 29.3 Å². The average Bonchev–Trinajstić information content (AvgIpc) is 2.67. The minimum Gasteiger partial charge on any atom is -0.328 e. The fraction of sp³-hybridized carbons (Fsp3) is 0.500. The summed E-state index contributed by atoms with van der Waals surface area (Å²) in [6.45, 7) is 9.10. The first-order valence-electron chi connectivity index (χ1n) is 6.35. The van der Waals surface area contributed by atoms with Gasteiger partial charge in [0.1, 0.15) is 5.82 Å². The van der Waals surface area contributed by atoms with Crippen molar-refractivity contribution in [3.63, 3.8) is 0 Å². The Morgan fingerprint density at radius 3 is 2.83 bits per heavy atom. The predicted molar refractivity (Wildman–Crippen MR) is 81.6 cm³/mol. The molecule has 0 saturated carbocycles. The molecule has 3 nitrogen and oxygen atoms in total. The van der Waals surface area contributed by atoms with E-state index in [1.165, 1.54) is 12.8 Å². The van der Waals surface area contributed by atoms with Crippen LogP contribution in [0.1, 0.15) is 37.4 Å². The molecule has 0 amide bonds. The van der Waals surface area contributed by atoms with Gasteiger partial charge in [-0.25, -0.2) is 0 Å². The fourth-order valence-electron chi connectivity index (χ4n) is 1.96. The van der Waals surface area contributed by atoms with Gasteiger partial charge in [-0.1, -0.05) is 26.3 Å². The molecule has 1 aromatic rings.